The van der Waals surface area contributed by atoms with E-state index >= 15 is 0 Å². The first-order valence-corrected chi connectivity index (χ1v) is 5.02. The lowest BCUT2D eigenvalue weighted by Crippen LogP contribution is -1.96. The van der Waals surface area contributed by atoms with Crippen molar-refractivity contribution in [3.8, 4) is 0 Å². The van der Waals surface area contributed by atoms with Crippen molar-refractivity contribution in [1.29, 1.82) is 0 Å². The summed E-state index contributed by atoms with van der Waals surface area (Å²) in [5.74, 6) is -0.311. The molecule has 1 aromatic heterocycles. The number of nitrogens with zero attached hydrogens (tertiary/aromatic N) is 1. The molecule has 3 nitrogen and oxygen atoms in total. The van der Waals surface area contributed by atoms with Crippen LogP contribution in [-0.2, 0) is 4.79 Å². The van der Waals surface area contributed by atoms with Crippen LogP contribution in [0.2, 0.25) is 0 Å². The molecule has 0 spiro atoms. The number of nitrogens with one attached hydrogen (secondary N) is 1. The van der Waals surface area contributed by atoms with Crippen LogP contribution in [0.25, 0.3) is 16.5 Å². The summed E-state index contributed by atoms with van der Waals surface area (Å²) in [5, 5.41) is 1.06. The summed E-state index contributed by atoms with van der Waals surface area (Å²) < 4.78 is 0. The predicted molar refractivity (Wildman–Crippen MR) is 66.5 cm³/mol. The van der Waals surface area contributed by atoms with Crippen LogP contribution in [0.3, 0.4) is 0 Å². The van der Waals surface area contributed by atoms with Gasteiger partial charge in [-0.3, -0.25) is 4.79 Å². The maximum Gasteiger partial charge on any atom is 0.278 e. The molecule has 3 heteroatoms. The Morgan fingerprint density at radius 2 is 2.19 bits per heavy atom. The summed E-state index contributed by atoms with van der Waals surface area (Å²) >= 11 is 0. The van der Waals surface area contributed by atoms with Crippen LogP contribution in [0.1, 0.15) is 12.6 Å². The Kier molecular flexibility index (Phi) is 2.68. The van der Waals surface area contributed by atoms with Gasteiger partial charge in [-0.2, -0.15) is 0 Å². The monoisotopic (exact) mass is 212 g/mol. The van der Waals surface area contributed by atoms with Crippen LogP contribution < -0.4 is 0 Å². The first-order chi connectivity index (χ1) is 7.72. The maximum absolute atomic E-state index is 11.5. The van der Waals surface area contributed by atoms with E-state index in [1.54, 1.807) is 6.92 Å². The molecule has 1 heterocycles. The second kappa shape index (κ2) is 4.14. The van der Waals surface area contributed by atoms with Crippen molar-refractivity contribution >= 4 is 28.6 Å². The van der Waals surface area contributed by atoms with E-state index < -0.39 is 0 Å². The third-order valence-corrected chi connectivity index (χ3v) is 2.36. The summed E-state index contributed by atoms with van der Waals surface area (Å²) in [4.78, 5) is 18.3. The number of benzene rings is 1. The highest BCUT2D eigenvalue weighted by atomic mass is 16.1. The van der Waals surface area contributed by atoms with Gasteiger partial charge in [0.15, 0.2) is 0 Å². The molecular weight excluding hydrogens is 200 g/mol. The predicted octanol–water partition coefficient (Wildman–Crippen LogP) is 2.80. The zero-order valence-corrected chi connectivity index (χ0v) is 9.03. The Morgan fingerprint density at radius 3 is 2.88 bits per heavy atom. The number of para-hydroxylation sites is 1. The Bertz CT molecular complexity index is 545. The third-order valence-electron chi connectivity index (χ3n) is 2.36. The SMILES string of the molecule is C=C(C(=O)N=CC)c1cc2ccccc2[nH]1. The molecule has 0 aliphatic heterocycles. The van der Waals surface area contributed by atoms with Crippen molar-refractivity contribution in [3.05, 3.63) is 42.6 Å². The summed E-state index contributed by atoms with van der Waals surface area (Å²) in [5.41, 5.74) is 2.10. The molecule has 1 aromatic carbocycles. The second-order valence-electron chi connectivity index (χ2n) is 3.44. The van der Waals surface area contributed by atoms with Gasteiger partial charge in [-0.15, -0.1) is 0 Å². The Hall–Kier alpha value is -2.16. The van der Waals surface area contributed by atoms with E-state index in [1.807, 2.05) is 30.3 Å². The van der Waals surface area contributed by atoms with E-state index in [2.05, 4.69) is 16.6 Å². The van der Waals surface area contributed by atoms with Gasteiger partial charge in [0.25, 0.3) is 5.91 Å². The lowest BCUT2D eigenvalue weighted by molar-refractivity contribution is -0.112. The number of hydrogen-bond acceptors (Lipinski definition) is 1. The first-order valence-electron chi connectivity index (χ1n) is 5.02. The number of fused-ring (bicyclic) bond motifs is 1. The molecular formula is C13H12N2O. The minimum absolute atomic E-state index is 0.311. The molecule has 0 unspecified atom stereocenters. The second-order valence-corrected chi connectivity index (χ2v) is 3.44. The van der Waals surface area contributed by atoms with Crippen molar-refractivity contribution in [3.63, 3.8) is 0 Å². The lowest BCUT2D eigenvalue weighted by atomic mass is 10.2. The number of rotatable bonds is 2. The summed E-state index contributed by atoms with van der Waals surface area (Å²) in [7, 11) is 0. The Morgan fingerprint density at radius 1 is 1.44 bits per heavy atom. The van der Waals surface area contributed by atoms with Crippen LogP contribution in [0.4, 0.5) is 0 Å². The molecule has 2 rings (SSSR count). The number of aromatic nitrogens is 1. The molecule has 1 amide bonds. The number of aromatic amines is 1. The van der Waals surface area contributed by atoms with Crippen molar-refractivity contribution in [2.75, 3.05) is 0 Å². The average molecular weight is 212 g/mol. The fraction of sp³-hybridized carbons (Fsp3) is 0.0769. The molecule has 0 fully saturated rings. The van der Waals surface area contributed by atoms with Crippen LogP contribution in [0.15, 0.2) is 41.9 Å². The fourth-order valence-corrected chi connectivity index (χ4v) is 1.55. The maximum atomic E-state index is 11.5. The first kappa shape index (κ1) is 10.4. The van der Waals surface area contributed by atoms with E-state index in [4.69, 9.17) is 0 Å². The third kappa shape index (κ3) is 1.80. The van der Waals surface area contributed by atoms with Gasteiger partial charge in [-0.1, -0.05) is 24.8 Å². The molecule has 0 radical (unpaired) electrons. The molecule has 1 N–H and O–H groups in total. The van der Waals surface area contributed by atoms with E-state index in [9.17, 15) is 4.79 Å². The van der Waals surface area contributed by atoms with E-state index in [0.29, 0.717) is 5.57 Å². The number of H-pyrrole nitrogens is 1. The molecule has 2 aromatic rings. The highest BCUT2D eigenvalue weighted by Crippen LogP contribution is 2.20. The van der Waals surface area contributed by atoms with Crippen LogP contribution >= 0.6 is 0 Å². The molecule has 80 valence electrons. The molecule has 0 atom stereocenters. The fourth-order valence-electron chi connectivity index (χ4n) is 1.55. The minimum atomic E-state index is -0.311. The topological polar surface area (TPSA) is 45.2 Å². The van der Waals surface area contributed by atoms with Crippen molar-refractivity contribution in [2.24, 2.45) is 4.99 Å². The largest absolute Gasteiger partial charge is 0.354 e. The van der Waals surface area contributed by atoms with Gasteiger partial charge in [-0.25, -0.2) is 4.99 Å². The zero-order chi connectivity index (χ0) is 11.5. The van der Waals surface area contributed by atoms with Crippen LogP contribution in [0.5, 0.6) is 0 Å². The average Bonchev–Trinajstić information content (AvgIpc) is 2.71. The van der Waals surface area contributed by atoms with Crippen molar-refractivity contribution in [1.82, 2.24) is 4.98 Å². The van der Waals surface area contributed by atoms with Gasteiger partial charge >= 0.3 is 0 Å². The number of carbonyl (C=O) groups is 1. The summed E-state index contributed by atoms with van der Waals surface area (Å²) in [6, 6.07) is 9.74. The van der Waals surface area contributed by atoms with E-state index in [0.717, 1.165) is 16.6 Å². The highest BCUT2D eigenvalue weighted by molar-refractivity contribution is 6.20. The van der Waals surface area contributed by atoms with Crippen molar-refractivity contribution in [2.45, 2.75) is 6.92 Å². The van der Waals surface area contributed by atoms with E-state index in [1.165, 1.54) is 6.21 Å². The molecule has 0 aliphatic rings. The summed E-state index contributed by atoms with van der Waals surface area (Å²) in [6.07, 6.45) is 1.47. The van der Waals surface area contributed by atoms with Gasteiger partial charge in [0.2, 0.25) is 0 Å². The van der Waals surface area contributed by atoms with E-state index in [-0.39, 0.29) is 5.91 Å². The standard InChI is InChI=1S/C13H12N2O/c1-3-14-13(16)9(2)12-8-10-6-4-5-7-11(10)15-12/h3-8,15H,2H2,1H3. The normalized spacial score (nSPS) is 11.1. The van der Waals surface area contributed by atoms with Gasteiger partial charge in [0, 0.05) is 17.1 Å². The quantitative estimate of drug-likeness (QED) is 0.603. The van der Waals surface area contributed by atoms with Gasteiger partial charge in [-0.05, 0) is 19.1 Å². The minimum Gasteiger partial charge on any atom is -0.354 e. The van der Waals surface area contributed by atoms with Gasteiger partial charge < -0.3 is 4.98 Å². The van der Waals surface area contributed by atoms with Crippen molar-refractivity contribution < 1.29 is 4.79 Å². The van der Waals surface area contributed by atoms with Gasteiger partial charge in [0.1, 0.15) is 0 Å². The molecule has 0 aliphatic carbocycles. The summed E-state index contributed by atoms with van der Waals surface area (Å²) in [6.45, 7) is 5.45. The number of amides is 1. The lowest BCUT2D eigenvalue weighted by Gasteiger charge is -1.95. The number of carbonyl (C=O) groups excluding carboxylic acids is 1. The van der Waals surface area contributed by atoms with Gasteiger partial charge in [0.05, 0.1) is 11.3 Å². The molecule has 16 heavy (non-hydrogen) atoms. The Labute approximate surface area is 93.5 Å². The smallest absolute Gasteiger partial charge is 0.278 e. The zero-order valence-electron chi connectivity index (χ0n) is 9.03. The molecule has 0 saturated carbocycles. The number of hydrogen-bond donors (Lipinski definition) is 1. The Balaban J connectivity index is 2.41. The number of aliphatic imine (C=N–C) groups is 1. The van der Waals surface area contributed by atoms with Crippen LogP contribution in [0, 0.1) is 0 Å². The highest BCUT2D eigenvalue weighted by Gasteiger charge is 2.09. The van der Waals surface area contributed by atoms with Crippen LogP contribution in [-0.4, -0.2) is 17.1 Å². The molecule has 0 saturated heterocycles. The molecule has 0 bridgehead atoms.